The first-order chi connectivity index (χ1) is 12.0. The third kappa shape index (κ3) is 3.89. The SMILES string of the molecule is COc1ccc(N2C[C@@H](C(=O)Nc3ccc(Cl)cc3Cl)CC2=O)cc1. The molecule has 2 amide bonds. The van der Waals surface area contributed by atoms with E-state index in [1.54, 1.807) is 54.5 Å². The quantitative estimate of drug-likeness (QED) is 0.874. The van der Waals surface area contributed by atoms with Crippen LogP contribution in [0.15, 0.2) is 42.5 Å². The molecule has 1 saturated heterocycles. The van der Waals surface area contributed by atoms with Gasteiger partial charge in [-0.3, -0.25) is 9.59 Å². The van der Waals surface area contributed by atoms with Gasteiger partial charge >= 0.3 is 0 Å². The van der Waals surface area contributed by atoms with Crippen LogP contribution in [0.2, 0.25) is 10.0 Å². The van der Waals surface area contributed by atoms with Crippen LogP contribution in [-0.2, 0) is 9.59 Å². The number of hydrogen-bond acceptors (Lipinski definition) is 3. The summed E-state index contributed by atoms with van der Waals surface area (Å²) in [6.45, 7) is 0.322. The zero-order valence-electron chi connectivity index (χ0n) is 13.5. The minimum Gasteiger partial charge on any atom is -0.497 e. The van der Waals surface area contributed by atoms with Crippen molar-refractivity contribution in [2.75, 3.05) is 23.9 Å². The zero-order chi connectivity index (χ0) is 18.0. The maximum Gasteiger partial charge on any atom is 0.229 e. The number of benzene rings is 2. The van der Waals surface area contributed by atoms with Crippen molar-refractivity contribution in [2.24, 2.45) is 5.92 Å². The lowest BCUT2D eigenvalue weighted by Crippen LogP contribution is -2.28. The van der Waals surface area contributed by atoms with E-state index in [0.717, 1.165) is 5.69 Å². The van der Waals surface area contributed by atoms with E-state index < -0.39 is 5.92 Å². The fourth-order valence-electron chi connectivity index (χ4n) is 2.72. The van der Waals surface area contributed by atoms with Crippen molar-refractivity contribution >= 4 is 46.4 Å². The molecule has 1 aliphatic heterocycles. The van der Waals surface area contributed by atoms with Crippen LogP contribution in [0.25, 0.3) is 0 Å². The Morgan fingerprint density at radius 3 is 2.56 bits per heavy atom. The van der Waals surface area contributed by atoms with Crippen molar-refractivity contribution in [2.45, 2.75) is 6.42 Å². The lowest BCUT2D eigenvalue weighted by molar-refractivity contribution is -0.122. The normalized spacial score (nSPS) is 16.8. The molecule has 2 aromatic rings. The zero-order valence-corrected chi connectivity index (χ0v) is 15.0. The maximum atomic E-state index is 12.5. The number of rotatable bonds is 4. The summed E-state index contributed by atoms with van der Waals surface area (Å²) in [5, 5.41) is 3.61. The van der Waals surface area contributed by atoms with Crippen LogP contribution < -0.4 is 15.0 Å². The summed E-state index contributed by atoms with van der Waals surface area (Å²) in [7, 11) is 1.58. The van der Waals surface area contributed by atoms with Crippen molar-refractivity contribution in [3.63, 3.8) is 0 Å². The van der Waals surface area contributed by atoms with Gasteiger partial charge < -0.3 is 15.0 Å². The second-order valence-corrected chi connectivity index (χ2v) is 6.56. The molecule has 0 radical (unpaired) electrons. The number of halogens is 2. The van der Waals surface area contributed by atoms with Gasteiger partial charge in [0.15, 0.2) is 0 Å². The molecule has 0 saturated carbocycles. The highest BCUT2D eigenvalue weighted by Gasteiger charge is 2.35. The number of nitrogens with one attached hydrogen (secondary N) is 1. The van der Waals surface area contributed by atoms with Crippen molar-refractivity contribution in [3.8, 4) is 5.75 Å². The molecule has 0 bridgehead atoms. The minimum absolute atomic E-state index is 0.0903. The smallest absolute Gasteiger partial charge is 0.229 e. The molecular formula is C18H16Cl2N2O3. The highest BCUT2D eigenvalue weighted by Crippen LogP contribution is 2.29. The molecule has 0 unspecified atom stereocenters. The van der Waals surface area contributed by atoms with E-state index in [1.165, 1.54) is 0 Å². The van der Waals surface area contributed by atoms with Gasteiger partial charge in [0.05, 0.1) is 23.7 Å². The Balaban J connectivity index is 1.69. The average molecular weight is 379 g/mol. The topological polar surface area (TPSA) is 58.6 Å². The predicted octanol–water partition coefficient (Wildman–Crippen LogP) is 3.99. The molecule has 25 heavy (non-hydrogen) atoms. The highest BCUT2D eigenvalue weighted by molar-refractivity contribution is 6.36. The van der Waals surface area contributed by atoms with Gasteiger partial charge in [0.1, 0.15) is 5.75 Å². The summed E-state index contributed by atoms with van der Waals surface area (Å²) in [6, 6.07) is 12.0. The summed E-state index contributed by atoms with van der Waals surface area (Å²) >= 11 is 11.9. The van der Waals surface area contributed by atoms with E-state index in [4.69, 9.17) is 27.9 Å². The standard InChI is InChI=1S/C18H16Cl2N2O3/c1-25-14-5-3-13(4-6-14)22-10-11(8-17(22)23)18(24)21-16-7-2-12(19)9-15(16)20/h2-7,9,11H,8,10H2,1H3,(H,21,24)/t11-/m0/s1. The van der Waals surface area contributed by atoms with Gasteiger partial charge in [-0.2, -0.15) is 0 Å². The molecule has 1 aliphatic rings. The molecule has 0 aliphatic carbocycles. The van der Waals surface area contributed by atoms with Gasteiger partial charge in [-0.15, -0.1) is 0 Å². The van der Waals surface area contributed by atoms with Gasteiger partial charge in [-0.25, -0.2) is 0 Å². The lowest BCUT2D eigenvalue weighted by Gasteiger charge is -2.17. The van der Waals surface area contributed by atoms with Gasteiger partial charge in [0.2, 0.25) is 11.8 Å². The Kier molecular flexibility index (Phi) is 5.16. The van der Waals surface area contributed by atoms with E-state index in [9.17, 15) is 9.59 Å². The largest absolute Gasteiger partial charge is 0.497 e. The van der Waals surface area contributed by atoms with Gasteiger partial charge in [0.25, 0.3) is 0 Å². The number of carbonyl (C=O) groups excluding carboxylic acids is 2. The minimum atomic E-state index is -0.443. The summed E-state index contributed by atoms with van der Waals surface area (Å²) in [6.07, 6.45) is 0.156. The lowest BCUT2D eigenvalue weighted by atomic mass is 10.1. The fourth-order valence-corrected chi connectivity index (χ4v) is 3.18. The third-order valence-corrected chi connectivity index (χ3v) is 4.62. The first-order valence-electron chi connectivity index (χ1n) is 7.68. The van der Waals surface area contributed by atoms with Crippen LogP contribution in [0, 0.1) is 5.92 Å². The Labute approximate surface area is 155 Å². The number of methoxy groups -OCH3 is 1. The molecule has 0 aromatic heterocycles. The monoisotopic (exact) mass is 378 g/mol. The summed E-state index contributed by atoms with van der Waals surface area (Å²) < 4.78 is 5.11. The Bertz CT molecular complexity index is 808. The number of carbonyl (C=O) groups is 2. The van der Waals surface area contributed by atoms with Crippen LogP contribution in [0.5, 0.6) is 5.75 Å². The fraction of sp³-hybridized carbons (Fsp3) is 0.222. The molecule has 130 valence electrons. The first-order valence-corrected chi connectivity index (χ1v) is 8.44. The van der Waals surface area contributed by atoms with Crippen molar-refractivity contribution in [1.29, 1.82) is 0 Å². The Morgan fingerprint density at radius 2 is 1.92 bits per heavy atom. The van der Waals surface area contributed by atoms with Gasteiger partial charge in [-0.1, -0.05) is 23.2 Å². The second-order valence-electron chi connectivity index (χ2n) is 5.72. The van der Waals surface area contributed by atoms with E-state index >= 15 is 0 Å². The Hall–Kier alpha value is -2.24. The van der Waals surface area contributed by atoms with Crippen molar-refractivity contribution in [1.82, 2.24) is 0 Å². The summed E-state index contributed by atoms with van der Waals surface area (Å²) in [5.41, 5.74) is 1.22. The average Bonchev–Trinajstić information content (AvgIpc) is 2.99. The molecule has 1 N–H and O–H groups in total. The van der Waals surface area contributed by atoms with Crippen LogP contribution in [-0.4, -0.2) is 25.5 Å². The molecule has 7 heteroatoms. The summed E-state index contributed by atoms with van der Waals surface area (Å²) in [4.78, 5) is 26.4. The second kappa shape index (κ2) is 7.33. The summed E-state index contributed by atoms with van der Waals surface area (Å²) in [5.74, 6) is -0.0653. The highest BCUT2D eigenvalue weighted by atomic mass is 35.5. The number of nitrogens with zero attached hydrogens (tertiary/aromatic N) is 1. The van der Waals surface area contributed by atoms with E-state index in [2.05, 4.69) is 5.32 Å². The molecule has 1 fully saturated rings. The molecular weight excluding hydrogens is 363 g/mol. The molecule has 1 heterocycles. The molecule has 3 rings (SSSR count). The number of ether oxygens (including phenoxy) is 1. The number of hydrogen-bond donors (Lipinski definition) is 1. The maximum absolute atomic E-state index is 12.5. The van der Waals surface area contributed by atoms with E-state index in [1.807, 2.05) is 0 Å². The third-order valence-electron chi connectivity index (χ3n) is 4.07. The van der Waals surface area contributed by atoms with Crippen LogP contribution in [0.1, 0.15) is 6.42 Å². The molecule has 5 nitrogen and oxygen atoms in total. The van der Waals surface area contributed by atoms with Crippen LogP contribution in [0.3, 0.4) is 0 Å². The van der Waals surface area contributed by atoms with Crippen molar-refractivity contribution in [3.05, 3.63) is 52.5 Å². The number of amides is 2. The predicted molar refractivity (Wildman–Crippen MR) is 98.5 cm³/mol. The Morgan fingerprint density at radius 1 is 1.20 bits per heavy atom. The van der Waals surface area contributed by atoms with Crippen molar-refractivity contribution < 1.29 is 14.3 Å². The van der Waals surface area contributed by atoms with Crippen LogP contribution in [0.4, 0.5) is 11.4 Å². The first kappa shape index (κ1) is 17.6. The van der Waals surface area contributed by atoms with Gasteiger partial charge in [0, 0.05) is 23.7 Å². The van der Waals surface area contributed by atoms with E-state index in [-0.39, 0.29) is 18.2 Å². The molecule has 0 spiro atoms. The molecule has 2 aromatic carbocycles. The molecule has 1 atom stereocenters. The van der Waals surface area contributed by atoms with Gasteiger partial charge in [-0.05, 0) is 42.5 Å². The van der Waals surface area contributed by atoms with Crippen LogP contribution >= 0.6 is 23.2 Å². The number of anilines is 2. The van der Waals surface area contributed by atoms with E-state index in [0.29, 0.717) is 28.0 Å².